The largest absolute Gasteiger partial charge is 0.495 e. The number of rotatable bonds is 4. The summed E-state index contributed by atoms with van der Waals surface area (Å²) in [7, 11) is 1.53. The Bertz CT molecular complexity index is 774. The van der Waals surface area contributed by atoms with Crippen molar-refractivity contribution in [2.75, 3.05) is 23.9 Å². The maximum Gasteiger partial charge on any atom is 0.255 e. The predicted molar refractivity (Wildman–Crippen MR) is 94.0 cm³/mol. The maximum absolute atomic E-state index is 12.4. The Hall–Kier alpha value is -2.53. The molecule has 124 valence electrons. The monoisotopic (exact) mass is 344 g/mol. The van der Waals surface area contributed by atoms with E-state index in [9.17, 15) is 9.59 Å². The van der Waals surface area contributed by atoms with Gasteiger partial charge in [0.2, 0.25) is 5.91 Å². The zero-order valence-electron chi connectivity index (χ0n) is 13.2. The molecule has 2 aromatic carbocycles. The summed E-state index contributed by atoms with van der Waals surface area (Å²) in [6, 6.07) is 12.0. The van der Waals surface area contributed by atoms with E-state index >= 15 is 0 Å². The van der Waals surface area contributed by atoms with E-state index < -0.39 is 0 Å². The van der Waals surface area contributed by atoms with Gasteiger partial charge in [0.05, 0.1) is 12.8 Å². The Kier molecular flexibility index (Phi) is 4.71. The minimum absolute atomic E-state index is 0.121. The van der Waals surface area contributed by atoms with Crippen LogP contribution in [0.5, 0.6) is 5.75 Å². The van der Waals surface area contributed by atoms with Gasteiger partial charge in [-0.2, -0.15) is 0 Å². The summed E-state index contributed by atoms with van der Waals surface area (Å²) in [4.78, 5) is 25.9. The third-order valence-corrected chi connectivity index (χ3v) is 4.16. The van der Waals surface area contributed by atoms with Gasteiger partial charge in [-0.3, -0.25) is 9.59 Å². The molecular formula is C18H17ClN2O3. The smallest absolute Gasteiger partial charge is 0.255 e. The van der Waals surface area contributed by atoms with E-state index in [2.05, 4.69) is 5.32 Å². The van der Waals surface area contributed by atoms with Crippen molar-refractivity contribution in [2.45, 2.75) is 12.8 Å². The van der Waals surface area contributed by atoms with Gasteiger partial charge < -0.3 is 15.0 Å². The molecule has 24 heavy (non-hydrogen) atoms. The molecule has 1 N–H and O–H groups in total. The number of anilines is 2. The van der Waals surface area contributed by atoms with Gasteiger partial charge in [0, 0.05) is 29.2 Å². The van der Waals surface area contributed by atoms with Gasteiger partial charge in [0.25, 0.3) is 5.91 Å². The lowest BCUT2D eigenvalue weighted by molar-refractivity contribution is -0.117. The molecule has 1 aliphatic heterocycles. The number of amides is 2. The third-order valence-electron chi connectivity index (χ3n) is 3.92. The lowest BCUT2D eigenvalue weighted by atomic mass is 10.1. The lowest BCUT2D eigenvalue weighted by Gasteiger charge is -2.16. The number of halogens is 1. The Labute approximate surface area is 145 Å². The summed E-state index contributed by atoms with van der Waals surface area (Å²) in [6.07, 6.45) is 1.45. The van der Waals surface area contributed by atoms with Gasteiger partial charge >= 0.3 is 0 Å². The van der Waals surface area contributed by atoms with Crippen LogP contribution >= 0.6 is 11.6 Å². The van der Waals surface area contributed by atoms with Crippen molar-refractivity contribution in [3.05, 3.63) is 53.1 Å². The number of hydrogen-bond acceptors (Lipinski definition) is 3. The highest BCUT2D eigenvalue weighted by Crippen LogP contribution is 2.28. The van der Waals surface area contributed by atoms with E-state index in [1.807, 2.05) is 0 Å². The number of carbonyl (C=O) groups is 2. The highest BCUT2D eigenvalue weighted by molar-refractivity contribution is 6.31. The SMILES string of the molecule is COc1ccc(Cl)cc1NC(=O)c1ccc(N2CCCC2=O)cc1. The first kappa shape index (κ1) is 16.3. The highest BCUT2D eigenvalue weighted by atomic mass is 35.5. The fourth-order valence-corrected chi connectivity index (χ4v) is 2.86. The molecule has 0 bridgehead atoms. The van der Waals surface area contributed by atoms with Crippen molar-refractivity contribution in [1.82, 2.24) is 0 Å². The van der Waals surface area contributed by atoms with Crippen molar-refractivity contribution >= 4 is 34.8 Å². The van der Waals surface area contributed by atoms with Gasteiger partial charge in [-0.05, 0) is 48.9 Å². The van der Waals surface area contributed by atoms with Crippen LogP contribution in [0.3, 0.4) is 0 Å². The molecule has 5 nitrogen and oxygen atoms in total. The number of hydrogen-bond donors (Lipinski definition) is 1. The van der Waals surface area contributed by atoms with Crippen LogP contribution in [-0.2, 0) is 4.79 Å². The molecular weight excluding hydrogens is 328 g/mol. The second kappa shape index (κ2) is 6.93. The first-order valence-corrected chi connectivity index (χ1v) is 8.01. The number of methoxy groups -OCH3 is 1. The Balaban J connectivity index is 1.76. The molecule has 0 atom stereocenters. The van der Waals surface area contributed by atoms with Gasteiger partial charge in [-0.15, -0.1) is 0 Å². The minimum atomic E-state index is -0.269. The molecule has 1 fully saturated rings. The molecule has 0 spiro atoms. The maximum atomic E-state index is 12.4. The molecule has 0 unspecified atom stereocenters. The summed E-state index contributed by atoms with van der Waals surface area (Å²) in [6.45, 7) is 0.726. The van der Waals surface area contributed by atoms with Gasteiger partial charge in [-0.25, -0.2) is 0 Å². The minimum Gasteiger partial charge on any atom is -0.495 e. The van der Waals surface area contributed by atoms with E-state index in [1.165, 1.54) is 7.11 Å². The standard InChI is InChI=1S/C18H17ClN2O3/c1-24-16-9-6-13(19)11-15(16)20-18(23)12-4-7-14(8-5-12)21-10-2-3-17(21)22/h4-9,11H,2-3,10H2,1H3,(H,20,23). The number of ether oxygens (including phenoxy) is 1. The zero-order valence-corrected chi connectivity index (χ0v) is 14.0. The molecule has 2 amide bonds. The van der Waals surface area contributed by atoms with E-state index in [0.29, 0.717) is 28.4 Å². The van der Waals surface area contributed by atoms with Crippen molar-refractivity contribution in [1.29, 1.82) is 0 Å². The number of nitrogens with one attached hydrogen (secondary N) is 1. The van der Waals surface area contributed by atoms with E-state index in [-0.39, 0.29) is 11.8 Å². The highest BCUT2D eigenvalue weighted by Gasteiger charge is 2.21. The molecule has 3 rings (SSSR count). The summed E-state index contributed by atoms with van der Waals surface area (Å²) in [5, 5.41) is 3.30. The summed E-state index contributed by atoms with van der Waals surface area (Å²) < 4.78 is 5.22. The van der Waals surface area contributed by atoms with Crippen molar-refractivity contribution in [3.63, 3.8) is 0 Å². The zero-order chi connectivity index (χ0) is 17.1. The average Bonchev–Trinajstić information content (AvgIpc) is 3.01. The third kappa shape index (κ3) is 3.36. The van der Waals surface area contributed by atoms with E-state index in [1.54, 1.807) is 47.4 Å². The van der Waals surface area contributed by atoms with E-state index in [4.69, 9.17) is 16.3 Å². The summed E-state index contributed by atoms with van der Waals surface area (Å²) in [5.41, 5.74) is 1.82. The molecule has 1 saturated heterocycles. The Morgan fingerprint density at radius 3 is 2.58 bits per heavy atom. The van der Waals surface area contributed by atoms with Crippen LogP contribution in [-0.4, -0.2) is 25.5 Å². The van der Waals surface area contributed by atoms with Crippen LogP contribution in [0.4, 0.5) is 11.4 Å². The molecule has 2 aromatic rings. The fraction of sp³-hybridized carbons (Fsp3) is 0.222. The molecule has 1 aliphatic rings. The number of benzene rings is 2. The van der Waals surface area contributed by atoms with E-state index in [0.717, 1.165) is 18.7 Å². The van der Waals surface area contributed by atoms with Crippen LogP contribution in [0.2, 0.25) is 5.02 Å². The van der Waals surface area contributed by atoms with Gasteiger partial charge in [0.1, 0.15) is 5.75 Å². The van der Waals surface area contributed by atoms with Crippen molar-refractivity contribution in [3.8, 4) is 5.75 Å². The summed E-state index contributed by atoms with van der Waals surface area (Å²) >= 11 is 5.97. The topological polar surface area (TPSA) is 58.6 Å². The van der Waals surface area contributed by atoms with Crippen LogP contribution in [0.1, 0.15) is 23.2 Å². The first-order chi connectivity index (χ1) is 11.6. The van der Waals surface area contributed by atoms with Crippen LogP contribution < -0.4 is 15.0 Å². The normalized spacial score (nSPS) is 13.9. The van der Waals surface area contributed by atoms with Crippen LogP contribution in [0.25, 0.3) is 0 Å². The Morgan fingerprint density at radius 2 is 1.96 bits per heavy atom. The first-order valence-electron chi connectivity index (χ1n) is 7.64. The molecule has 0 radical (unpaired) electrons. The number of nitrogens with zero attached hydrogens (tertiary/aromatic N) is 1. The lowest BCUT2D eigenvalue weighted by Crippen LogP contribution is -2.23. The fourth-order valence-electron chi connectivity index (χ4n) is 2.69. The number of carbonyl (C=O) groups excluding carboxylic acids is 2. The van der Waals surface area contributed by atoms with Crippen LogP contribution in [0, 0.1) is 0 Å². The van der Waals surface area contributed by atoms with Gasteiger partial charge in [-0.1, -0.05) is 11.6 Å². The molecule has 0 aromatic heterocycles. The summed E-state index contributed by atoms with van der Waals surface area (Å²) in [5.74, 6) is 0.387. The quantitative estimate of drug-likeness (QED) is 0.919. The molecule has 0 saturated carbocycles. The average molecular weight is 345 g/mol. The predicted octanol–water partition coefficient (Wildman–Crippen LogP) is 3.73. The molecule has 1 heterocycles. The second-order valence-electron chi connectivity index (χ2n) is 5.49. The molecule has 0 aliphatic carbocycles. The molecule has 6 heteroatoms. The Morgan fingerprint density at radius 1 is 1.21 bits per heavy atom. The van der Waals surface area contributed by atoms with Crippen LogP contribution in [0.15, 0.2) is 42.5 Å². The van der Waals surface area contributed by atoms with Crippen molar-refractivity contribution in [2.24, 2.45) is 0 Å². The van der Waals surface area contributed by atoms with Crippen molar-refractivity contribution < 1.29 is 14.3 Å². The van der Waals surface area contributed by atoms with Gasteiger partial charge in [0.15, 0.2) is 0 Å². The second-order valence-corrected chi connectivity index (χ2v) is 5.93.